The monoisotopic (exact) mass is 304 g/mol. The molecule has 1 heterocycles. The first-order valence-corrected chi connectivity index (χ1v) is 8.20. The molecule has 1 amide bonds. The number of nitrogens with one attached hydrogen (secondary N) is 2. The molecule has 2 N–H and O–H groups in total. The second-order valence-electron chi connectivity index (χ2n) is 6.26. The van der Waals surface area contributed by atoms with Crippen LogP contribution in [0, 0.1) is 5.92 Å². The highest BCUT2D eigenvalue weighted by molar-refractivity contribution is 5.84. The Morgan fingerprint density at radius 3 is 2.74 bits per heavy atom. The number of benzene rings is 2. The number of para-hydroxylation sites is 1. The maximum Gasteiger partial charge on any atom is 0.223 e. The number of fused-ring (bicyclic) bond motifs is 1. The molecule has 1 aromatic heterocycles. The van der Waals surface area contributed by atoms with Crippen LogP contribution in [0.2, 0.25) is 0 Å². The molecule has 3 nitrogen and oxygen atoms in total. The maximum atomic E-state index is 12.3. The third-order valence-electron chi connectivity index (χ3n) is 4.72. The maximum absolute atomic E-state index is 12.3. The van der Waals surface area contributed by atoms with Crippen LogP contribution in [-0.4, -0.2) is 17.4 Å². The van der Waals surface area contributed by atoms with Crippen LogP contribution in [0.15, 0.2) is 60.8 Å². The highest BCUT2D eigenvalue weighted by Crippen LogP contribution is 2.47. The van der Waals surface area contributed by atoms with Crippen molar-refractivity contribution in [1.29, 1.82) is 0 Å². The van der Waals surface area contributed by atoms with Crippen molar-refractivity contribution < 1.29 is 4.79 Å². The second kappa shape index (κ2) is 5.92. The standard InChI is InChI=1S/C20H20N2O/c23-20(18-12-17(18)14-6-2-1-3-7-14)21-11-10-15-13-22-19-9-5-4-8-16(15)19/h1-9,13,17-18,22H,10-12H2,(H,21,23). The first-order chi connectivity index (χ1) is 11.3. The molecular formula is C20H20N2O. The van der Waals surface area contributed by atoms with Crippen LogP contribution in [0.5, 0.6) is 0 Å². The Labute approximate surface area is 135 Å². The molecule has 3 aromatic rings. The average Bonchev–Trinajstić information content (AvgIpc) is 3.31. The minimum Gasteiger partial charge on any atom is -0.361 e. The quantitative estimate of drug-likeness (QED) is 0.743. The summed E-state index contributed by atoms with van der Waals surface area (Å²) in [5.41, 5.74) is 3.70. The van der Waals surface area contributed by atoms with E-state index in [1.165, 1.54) is 16.5 Å². The number of hydrogen-bond donors (Lipinski definition) is 2. The molecule has 0 saturated heterocycles. The van der Waals surface area contributed by atoms with Crippen LogP contribution < -0.4 is 5.32 Å². The Morgan fingerprint density at radius 2 is 1.87 bits per heavy atom. The number of carbonyl (C=O) groups is 1. The van der Waals surface area contributed by atoms with Crippen molar-refractivity contribution in [3.8, 4) is 0 Å². The molecule has 2 aromatic carbocycles. The van der Waals surface area contributed by atoms with Crippen LogP contribution in [-0.2, 0) is 11.2 Å². The molecule has 1 fully saturated rings. The van der Waals surface area contributed by atoms with Gasteiger partial charge in [-0.05, 0) is 36.0 Å². The van der Waals surface area contributed by atoms with Gasteiger partial charge in [-0.3, -0.25) is 4.79 Å². The lowest BCUT2D eigenvalue weighted by atomic mass is 10.1. The first kappa shape index (κ1) is 14.1. The summed E-state index contributed by atoms with van der Waals surface area (Å²) < 4.78 is 0. The van der Waals surface area contributed by atoms with E-state index in [4.69, 9.17) is 0 Å². The molecule has 0 aliphatic heterocycles. The van der Waals surface area contributed by atoms with Gasteiger partial charge in [0.25, 0.3) is 0 Å². The fourth-order valence-electron chi connectivity index (χ4n) is 3.34. The van der Waals surface area contributed by atoms with Crippen LogP contribution in [0.3, 0.4) is 0 Å². The number of rotatable bonds is 5. The van der Waals surface area contributed by atoms with E-state index in [-0.39, 0.29) is 11.8 Å². The smallest absolute Gasteiger partial charge is 0.223 e. The van der Waals surface area contributed by atoms with E-state index in [0.717, 1.165) is 18.4 Å². The zero-order valence-electron chi connectivity index (χ0n) is 13.0. The average molecular weight is 304 g/mol. The zero-order chi connectivity index (χ0) is 15.6. The van der Waals surface area contributed by atoms with Gasteiger partial charge in [-0.1, -0.05) is 48.5 Å². The minimum absolute atomic E-state index is 0.153. The van der Waals surface area contributed by atoms with Crippen molar-refractivity contribution in [2.24, 2.45) is 5.92 Å². The van der Waals surface area contributed by atoms with Crippen molar-refractivity contribution in [2.75, 3.05) is 6.54 Å². The van der Waals surface area contributed by atoms with E-state index in [9.17, 15) is 4.79 Å². The third kappa shape index (κ3) is 2.87. The Kier molecular flexibility index (Phi) is 3.62. The molecule has 1 saturated carbocycles. The Bertz CT molecular complexity index is 822. The third-order valence-corrected chi connectivity index (χ3v) is 4.72. The van der Waals surface area contributed by atoms with Crippen molar-refractivity contribution in [3.63, 3.8) is 0 Å². The summed E-state index contributed by atoms with van der Waals surface area (Å²) in [5.74, 6) is 0.753. The number of aromatic amines is 1. The normalized spacial score (nSPS) is 19.7. The zero-order valence-corrected chi connectivity index (χ0v) is 13.0. The second-order valence-corrected chi connectivity index (χ2v) is 6.26. The minimum atomic E-state index is 0.153. The SMILES string of the molecule is O=C(NCCc1c[nH]c2ccccc12)C1CC1c1ccccc1. The largest absolute Gasteiger partial charge is 0.361 e. The molecule has 0 spiro atoms. The Balaban J connectivity index is 1.31. The predicted molar refractivity (Wildman–Crippen MR) is 92.3 cm³/mol. The molecule has 2 atom stereocenters. The van der Waals surface area contributed by atoms with Gasteiger partial charge in [-0.15, -0.1) is 0 Å². The lowest BCUT2D eigenvalue weighted by molar-refractivity contribution is -0.122. The molecule has 2 unspecified atom stereocenters. The Morgan fingerprint density at radius 1 is 1.09 bits per heavy atom. The van der Waals surface area contributed by atoms with Crippen molar-refractivity contribution in [3.05, 3.63) is 71.9 Å². The molecule has 23 heavy (non-hydrogen) atoms. The molecule has 3 heteroatoms. The molecule has 0 radical (unpaired) electrons. The van der Waals surface area contributed by atoms with Crippen molar-refractivity contribution in [1.82, 2.24) is 10.3 Å². The number of carbonyl (C=O) groups excluding carboxylic acids is 1. The van der Waals surface area contributed by atoms with Crippen LogP contribution in [0.4, 0.5) is 0 Å². The van der Waals surface area contributed by atoms with Gasteiger partial charge >= 0.3 is 0 Å². The highest BCUT2D eigenvalue weighted by Gasteiger charge is 2.43. The van der Waals surface area contributed by atoms with E-state index < -0.39 is 0 Å². The van der Waals surface area contributed by atoms with Crippen LogP contribution >= 0.6 is 0 Å². The van der Waals surface area contributed by atoms with E-state index in [1.54, 1.807) is 0 Å². The number of hydrogen-bond acceptors (Lipinski definition) is 1. The summed E-state index contributed by atoms with van der Waals surface area (Å²) in [6.45, 7) is 0.693. The number of amides is 1. The summed E-state index contributed by atoms with van der Waals surface area (Å²) in [4.78, 5) is 15.5. The summed E-state index contributed by atoms with van der Waals surface area (Å²) in [6.07, 6.45) is 3.88. The lowest BCUT2D eigenvalue weighted by Crippen LogP contribution is -2.27. The molecule has 1 aliphatic rings. The topological polar surface area (TPSA) is 44.9 Å². The summed E-state index contributed by atoms with van der Waals surface area (Å²) >= 11 is 0. The van der Waals surface area contributed by atoms with E-state index in [0.29, 0.717) is 12.5 Å². The van der Waals surface area contributed by atoms with Crippen molar-refractivity contribution >= 4 is 16.8 Å². The first-order valence-electron chi connectivity index (χ1n) is 8.20. The summed E-state index contributed by atoms with van der Waals surface area (Å²) in [6, 6.07) is 18.6. The molecule has 116 valence electrons. The van der Waals surface area contributed by atoms with E-state index in [2.05, 4.69) is 34.6 Å². The molecular weight excluding hydrogens is 284 g/mol. The van der Waals surface area contributed by atoms with Gasteiger partial charge in [0.2, 0.25) is 5.91 Å². The van der Waals surface area contributed by atoms with Gasteiger partial charge in [0.15, 0.2) is 0 Å². The number of aromatic nitrogens is 1. The van der Waals surface area contributed by atoms with Gasteiger partial charge in [0.05, 0.1) is 0 Å². The van der Waals surface area contributed by atoms with Gasteiger partial charge in [0.1, 0.15) is 0 Å². The highest BCUT2D eigenvalue weighted by atomic mass is 16.2. The van der Waals surface area contributed by atoms with Crippen LogP contribution in [0.25, 0.3) is 10.9 Å². The van der Waals surface area contributed by atoms with Crippen LogP contribution in [0.1, 0.15) is 23.5 Å². The van der Waals surface area contributed by atoms with Gasteiger partial charge in [0, 0.05) is 29.6 Å². The summed E-state index contributed by atoms with van der Waals surface area (Å²) in [7, 11) is 0. The Hall–Kier alpha value is -2.55. The van der Waals surface area contributed by atoms with Gasteiger partial charge in [-0.25, -0.2) is 0 Å². The fraction of sp³-hybridized carbons (Fsp3) is 0.250. The molecule has 1 aliphatic carbocycles. The van der Waals surface area contributed by atoms with Gasteiger partial charge < -0.3 is 10.3 Å². The van der Waals surface area contributed by atoms with E-state index >= 15 is 0 Å². The molecule has 0 bridgehead atoms. The fourth-order valence-corrected chi connectivity index (χ4v) is 3.34. The van der Waals surface area contributed by atoms with E-state index in [1.807, 2.05) is 36.5 Å². The lowest BCUT2D eigenvalue weighted by Gasteiger charge is -2.05. The predicted octanol–water partition coefficient (Wildman–Crippen LogP) is 3.63. The van der Waals surface area contributed by atoms with Gasteiger partial charge in [-0.2, -0.15) is 0 Å². The summed E-state index contributed by atoms with van der Waals surface area (Å²) in [5, 5.41) is 4.34. The molecule has 4 rings (SSSR count). The number of H-pyrrole nitrogens is 1. The van der Waals surface area contributed by atoms with Crippen molar-refractivity contribution in [2.45, 2.75) is 18.8 Å².